The van der Waals surface area contributed by atoms with E-state index in [1.807, 2.05) is 6.07 Å². The van der Waals surface area contributed by atoms with Crippen molar-refractivity contribution in [3.05, 3.63) is 40.4 Å². The number of nitriles is 1. The van der Waals surface area contributed by atoms with Gasteiger partial charge in [0.1, 0.15) is 5.01 Å². The summed E-state index contributed by atoms with van der Waals surface area (Å²) in [6.45, 7) is 1.42. The van der Waals surface area contributed by atoms with Crippen molar-refractivity contribution in [1.82, 2.24) is 10.2 Å². The zero-order chi connectivity index (χ0) is 15.5. The number of hydrogen-bond donors (Lipinski definition) is 0. The van der Waals surface area contributed by atoms with Crippen LogP contribution < -0.4 is 4.90 Å². The molecule has 6 nitrogen and oxygen atoms in total. The Morgan fingerprint density at radius 1 is 1.41 bits per heavy atom. The maximum atomic E-state index is 12.4. The lowest BCUT2D eigenvalue weighted by atomic mass is 10.1. The van der Waals surface area contributed by atoms with Gasteiger partial charge in [-0.15, -0.1) is 10.2 Å². The highest BCUT2D eigenvalue weighted by atomic mass is 32.1. The first-order valence-corrected chi connectivity index (χ1v) is 7.70. The Morgan fingerprint density at radius 3 is 2.82 bits per heavy atom. The van der Waals surface area contributed by atoms with Crippen molar-refractivity contribution >= 4 is 22.4 Å². The lowest BCUT2D eigenvalue weighted by molar-refractivity contribution is 0.0993. The monoisotopic (exact) mass is 314 g/mol. The summed E-state index contributed by atoms with van der Waals surface area (Å²) < 4.78 is 5.35. The number of benzene rings is 1. The van der Waals surface area contributed by atoms with Crippen LogP contribution in [-0.4, -0.2) is 36.4 Å². The third kappa shape index (κ3) is 2.84. The van der Waals surface area contributed by atoms with Gasteiger partial charge in [-0.25, -0.2) is 0 Å². The quantitative estimate of drug-likeness (QED) is 0.867. The van der Waals surface area contributed by atoms with E-state index in [1.165, 1.54) is 16.2 Å². The molecule has 1 atom stereocenters. The van der Waals surface area contributed by atoms with Crippen LogP contribution >= 0.6 is 11.3 Å². The fraction of sp³-hybridized carbons (Fsp3) is 0.333. The maximum Gasteiger partial charge on any atom is 0.259 e. The number of rotatable bonds is 3. The summed E-state index contributed by atoms with van der Waals surface area (Å²) in [5, 5.41) is 18.5. The highest BCUT2D eigenvalue weighted by Crippen LogP contribution is 2.31. The second kappa shape index (κ2) is 6.22. The molecule has 0 bridgehead atoms. The normalized spacial score (nSPS) is 17.2. The molecule has 0 unspecified atom stereocenters. The second-order valence-corrected chi connectivity index (χ2v) is 6.02. The van der Waals surface area contributed by atoms with E-state index in [0.29, 0.717) is 22.9 Å². The summed E-state index contributed by atoms with van der Waals surface area (Å²) in [4.78, 5) is 13.9. The topological polar surface area (TPSA) is 79.1 Å². The molecule has 0 aliphatic carbocycles. The van der Waals surface area contributed by atoms with Crippen molar-refractivity contribution in [2.45, 2.75) is 12.3 Å². The van der Waals surface area contributed by atoms with E-state index >= 15 is 0 Å². The molecule has 1 amide bonds. The van der Waals surface area contributed by atoms with E-state index in [1.54, 1.807) is 31.3 Å². The Morgan fingerprint density at radius 2 is 2.18 bits per heavy atom. The minimum absolute atomic E-state index is 0.171. The molecule has 112 valence electrons. The van der Waals surface area contributed by atoms with Crippen molar-refractivity contribution in [3.8, 4) is 6.07 Å². The van der Waals surface area contributed by atoms with Crippen LogP contribution in [0.3, 0.4) is 0 Å². The Bertz CT molecular complexity index is 714. The SMILES string of the molecule is CN(C(=O)c1ccc(C#N)cc1)c1nnc([C@@H]2CCOC2)s1. The predicted molar refractivity (Wildman–Crippen MR) is 82.0 cm³/mol. The van der Waals surface area contributed by atoms with E-state index in [4.69, 9.17) is 10.00 Å². The lowest BCUT2D eigenvalue weighted by Gasteiger charge is -2.13. The lowest BCUT2D eigenvalue weighted by Crippen LogP contribution is -2.26. The first-order chi connectivity index (χ1) is 10.7. The van der Waals surface area contributed by atoms with Crippen LogP contribution in [0.25, 0.3) is 0 Å². The first kappa shape index (κ1) is 14.6. The molecular formula is C15H14N4O2S. The standard InChI is InChI=1S/C15H14N4O2S/c1-19(14(20)11-4-2-10(8-16)3-5-11)15-18-17-13(22-15)12-6-7-21-9-12/h2-5,12H,6-7,9H2,1H3/t12-/m1/s1. The molecule has 0 radical (unpaired) electrons. The molecule has 0 N–H and O–H groups in total. The number of anilines is 1. The number of carbonyl (C=O) groups excluding carboxylic acids is 1. The molecule has 1 aliphatic heterocycles. The van der Waals surface area contributed by atoms with Gasteiger partial charge in [0.05, 0.1) is 18.2 Å². The van der Waals surface area contributed by atoms with E-state index in [2.05, 4.69) is 10.2 Å². The third-order valence-electron chi connectivity index (χ3n) is 3.56. The number of nitrogens with zero attached hydrogens (tertiary/aromatic N) is 4. The molecule has 3 rings (SSSR count). The number of amides is 1. The van der Waals surface area contributed by atoms with Gasteiger partial charge in [0.15, 0.2) is 0 Å². The van der Waals surface area contributed by atoms with Crippen LogP contribution in [0.2, 0.25) is 0 Å². The molecule has 7 heteroatoms. The molecule has 2 heterocycles. The minimum Gasteiger partial charge on any atom is -0.381 e. The van der Waals surface area contributed by atoms with Gasteiger partial charge in [0.25, 0.3) is 5.91 Å². The van der Waals surface area contributed by atoms with Crippen molar-refractivity contribution in [3.63, 3.8) is 0 Å². The van der Waals surface area contributed by atoms with Gasteiger partial charge in [-0.3, -0.25) is 9.69 Å². The molecule has 0 spiro atoms. The van der Waals surface area contributed by atoms with Crippen LogP contribution in [0.4, 0.5) is 5.13 Å². The van der Waals surface area contributed by atoms with Crippen LogP contribution in [0.15, 0.2) is 24.3 Å². The molecule has 1 saturated heterocycles. The van der Waals surface area contributed by atoms with Crippen molar-refractivity contribution in [1.29, 1.82) is 5.26 Å². The number of ether oxygens (including phenoxy) is 1. The van der Waals surface area contributed by atoms with E-state index in [9.17, 15) is 4.79 Å². The summed E-state index contributed by atoms with van der Waals surface area (Å²) in [5.74, 6) is 0.111. The van der Waals surface area contributed by atoms with Crippen LogP contribution in [0, 0.1) is 11.3 Å². The maximum absolute atomic E-state index is 12.4. The average Bonchev–Trinajstić information content (AvgIpc) is 3.24. The number of aromatic nitrogens is 2. The van der Waals surface area contributed by atoms with Crippen molar-refractivity contribution < 1.29 is 9.53 Å². The molecule has 1 aromatic carbocycles. The van der Waals surface area contributed by atoms with E-state index < -0.39 is 0 Å². The van der Waals surface area contributed by atoms with Gasteiger partial charge >= 0.3 is 0 Å². The number of carbonyl (C=O) groups is 1. The third-order valence-corrected chi connectivity index (χ3v) is 4.72. The molecule has 1 aliphatic rings. The largest absolute Gasteiger partial charge is 0.381 e. The second-order valence-electron chi connectivity index (χ2n) is 5.04. The number of hydrogen-bond acceptors (Lipinski definition) is 6. The van der Waals surface area contributed by atoms with Gasteiger partial charge in [-0.05, 0) is 30.7 Å². The van der Waals surface area contributed by atoms with Gasteiger partial charge < -0.3 is 4.74 Å². The average molecular weight is 314 g/mol. The molecule has 2 aromatic rings. The Labute approximate surface area is 132 Å². The molecule has 0 saturated carbocycles. The van der Waals surface area contributed by atoms with E-state index in [-0.39, 0.29) is 11.8 Å². The van der Waals surface area contributed by atoms with Gasteiger partial charge in [-0.1, -0.05) is 11.3 Å². The van der Waals surface area contributed by atoms with Crippen LogP contribution in [0.5, 0.6) is 0 Å². The van der Waals surface area contributed by atoms with Gasteiger partial charge in [-0.2, -0.15) is 5.26 Å². The Hall–Kier alpha value is -2.30. The summed E-state index contributed by atoms with van der Waals surface area (Å²) >= 11 is 1.42. The first-order valence-electron chi connectivity index (χ1n) is 6.88. The molecule has 22 heavy (non-hydrogen) atoms. The predicted octanol–water partition coefficient (Wildman–Crippen LogP) is 2.19. The Kier molecular flexibility index (Phi) is 4.13. The zero-order valence-corrected chi connectivity index (χ0v) is 12.8. The fourth-order valence-electron chi connectivity index (χ4n) is 2.22. The van der Waals surface area contributed by atoms with Crippen molar-refractivity contribution in [2.24, 2.45) is 0 Å². The molecular weight excluding hydrogens is 300 g/mol. The van der Waals surface area contributed by atoms with Crippen LogP contribution in [0.1, 0.15) is 33.3 Å². The highest BCUT2D eigenvalue weighted by Gasteiger charge is 2.24. The Balaban J connectivity index is 1.76. The van der Waals surface area contributed by atoms with Crippen LogP contribution in [-0.2, 0) is 4.74 Å². The summed E-state index contributed by atoms with van der Waals surface area (Å²) in [5.41, 5.74) is 1.04. The smallest absolute Gasteiger partial charge is 0.259 e. The summed E-state index contributed by atoms with van der Waals surface area (Å²) in [6, 6.07) is 8.57. The fourth-order valence-corrected chi connectivity index (χ4v) is 3.15. The van der Waals surface area contributed by atoms with Gasteiger partial charge in [0, 0.05) is 25.1 Å². The minimum atomic E-state index is -0.171. The molecule has 1 fully saturated rings. The van der Waals surface area contributed by atoms with Gasteiger partial charge in [0.2, 0.25) is 5.13 Å². The zero-order valence-electron chi connectivity index (χ0n) is 12.0. The van der Waals surface area contributed by atoms with E-state index in [0.717, 1.165) is 18.0 Å². The van der Waals surface area contributed by atoms with Crippen molar-refractivity contribution in [2.75, 3.05) is 25.2 Å². The summed E-state index contributed by atoms with van der Waals surface area (Å²) in [6.07, 6.45) is 0.946. The highest BCUT2D eigenvalue weighted by molar-refractivity contribution is 7.15. The summed E-state index contributed by atoms with van der Waals surface area (Å²) in [7, 11) is 1.68. The molecule has 1 aromatic heterocycles.